The van der Waals surface area contributed by atoms with Crippen LogP contribution in [0, 0.1) is 12.7 Å². The molecule has 2 atom stereocenters. The van der Waals surface area contributed by atoms with E-state index in [9.17, 15) is 19.4 Å². The summed E-state index contributed by atoms with van der Waals surface area (Å²) in [6.45, 7) is 6.70. The number of hydrogen-bond donors (Lipinski definition) is 2. The van der Waals surface area contributed by atoms with Gasteiger partial charge >= 0.3 is 6.09 Å². The van der Waals surface area contributed by atoms with E-state index >= 15 is 0 Å². The van der Waals surface area contributed by atoms with Crippen LogP contribution in [0.3, 0.4) is 0 Å². The predicted molar refractivity (Wildman–Crippen MR) is 76.9 cm³/mol. The number of β-amino-alcohol motifs (C(OH)–C–C–N with tert-alkyl or cyclic N) is 1. The molecule has 0 saturated carbocycles. The molecule has 0 bridgehead atoms. The van der Waals surface area contributed by atoms with Gasteiger partial charge in [0.1, 0.15) is 5.60 Å². The van der Waals surface area contributed by atoms with E-state index in [4.69, 9.17) is 4.74 Å². The van der Waals surface area contributed by atoms with Crippen molar-refractivity contribution in [3.05, 3.63) is 23.3 Å². The van der Waals surface area contributed by atoms with Crippen LogP contribution in [0.25, 0.3) is 0 Å². The number of nitrogens with zero attached hydrogens (tertiary/aromatic N) is 2. The summed E-state index contributed by atoms with van der Waals surface area (Å²) < 4.78 is 19.1. The predicted octanol–water partition coefficient (Wildman–Crippen LogP) is 2.28. The summed E-state index contributed by atoms with van der Waals surface area (Å²) >= 11 is 0. The number of carbonyl (C=O) groups excluding carboxylic acids is 1. The molecule has 1 aromatic heterocycles. The van der Waals surface area contributed by atoms with Crippen molar-refractivity contribution in [2.45, 2.75) is 51.9 Å². The molecular formula is C15H21FN2O4. The molecule has 0 aliphatic carbocycles. The minimum absolute atomic E-state index is 0.0640. The molecule has 0 spiro atoms. The van der Waals surface area contributed by atoms with Crippen LogP contribution in [0.5, 0.6) is 5.75 Å². The highest BCUT2D eigenvalue weighted by molar-refractivity contribution is 5.69. The number of halogens is 1. The molecule has 1 saturated heterocycles. The number of aliphatic hydroxyl groups excluding tert-OH is 1. The number of pyridine rings is 1. The Balaban J connectivity index is 2.32. The van der Waals surface area contributed by atoms with Crippen molar-refractivity contribution < 1.29 is 24.1 Å². The zero-order valence-corrected chi connectivity index (χ0v) is 13.1. The fourth-order valence-electron chi connectivity index (χ4n) is 2.46. The Hall–Kier alpha value is -1.89. The highest BCUT2D eigenvalue weighted by atomic mass is 19.1. The second-order valence-electron chi connectivity index (χ2n) is 6.50. The molecule has 0 aromatic carbocycles. The minimum atomic E-state index is -0.817. The summed E-state index contributed by atoms with van der Waals surface area (Å²) in [5.74, 6) is -1.36. The van der Waals surface area contributed by atoms with Crippen LogP contribution in [0.15, 0.2) is 6.20 Å². The topological polar surface area (TPSA) is 82.9 Å². The third-order valence-electron chi connectivity index (χ3n) is 3.46. The Morgan fingerprint density at radius 2 is 2.14 bits per heavy atom. The van der Waals surface area contributed by atoms with E-state index in [1.807, 2.05) is 0 Å². The van der Waals surface area contributed by atoms with Gasteiger partial charge in [-0.25, -0.2) is 9.18 Å². The lowest BCUT2D eigenvalue weighted by Crippen LogP contribution is -2.37. The molecule has 7 heteroatoms. The lowest BCUT2D eigenvalue weighted by atomic mass is 10.0. The van der Waals surface area contributed by atoms with Crippen LogP contribution in [-0.4, -0.2) is 44.4 Å². The number of aliphatic hydroxyl groups is 1. The molecule has 1 aromatic rings. The summed E-state index contributed by atoms with van der Waals surface area (Å²) in [4.78, 5) is 17.4. The average molecular weight is 312 g/mol. The first kappa shape index (κ1) is 16.5. The molecule has 1 amide bonds. The monoisotopic (exact) mass is 312 g/mol. The molecule has 0 radical (unpaired) electrons. The van der Waals surface area contributed by atoms with Gasteiger partial charge in [0.25, 0.3) is 0 Å². The van der Waals surface area contributed by atoms with Crippen molar-refractivity contribution in [3.8, 4) is 5.75 Å². The van der Waals surface area contributed by atoms with Crippen molar-refractivity contribution in [3.63, 3.8) is 0 Å². The molecule has 2 heterocycles. The van der Waals surface area contributed by atoms with E-state index in [2.05, 4.69) is 4.98 Å². The third-order valence-corrected chi connectivity index (χ3v) is 3.46. The van der Waals surface area contributed by atoms with Crippen LogP contribution in [0.4, 0.5) is 9.18 Å². The number of ether oxygens (including phenoxy) is 1. The standard InChI is InChI=1S/C15H21FN2O4/c1-8-12(16)13(20)10(6-17-8)11-5-9(19)7-18(11)14(21)22-15(2,3)4/h6,9,11,19H,5,7H2,1-4H3,(H,17,20)/t9-,11+/m1/s1. The van der Waals surface area contributed by atoms with Crippen LogP contribution >= 0.6 is 0 Å². The molecule has 6 nitrogen and oxygen atoms in total. The number of amides is 1. The fraction of sp³-hybridized carbons (Fsp3) is 0.600. The normalized spacial score (nSPS) is 22.0. The van der Waals surface area contributed by atoms with Crippen molar-refractivity contribution >= 4 is 6.09 Å². The maximum atomic E-state index is 13.8. The zero-order valence-electron chi connectivity index (χ0n) is 13.1. The van der Waals surface area contributed by atoms with Crippen molar-refractivity contribution in [2.75, 3.05) is 6.54 Å². The maximum absolute atomic E-state index is 13.8. The minimum Gasteiger partial charge on any atom is -0.504 e. The van der Waals surface area contributed by atoms with Gasteiger partial charge < -0.3 is 14.9 Å². The number of aryl methyl sites for hydroxylation is 1. The Bertz CT molecular complexity index is 586. The van der Waals surface area contributed by atoms with Gasteiger partial charge in [-0.15, -0.1) is 0 Å². The van der Waals surface area contributed by atoms with Gasteiger partial charge in [0.2, 0.25) is 0 Å². The van der Waals surface area contributed by atoms with Gasteiger partial charge in [-0.3, -0.25) is 9.88 Å². The number of carbonyl (C=O) groups is 1. The average Bonchev–Trinajstić information content (AvgIpc) is 2.76. The maximum Gasteiger partial charge on any atom is 0.410 e. The van der Waals surface area contributed by atoms with Gasteiger partial charge in [0, 0.05) is 11.8 Å². The fourth-order valence-corrected chi connectivity index (χ4v) is 2.46. The van der Waals surface area contributed by atoms with Gasteiger partial charge in [-0.05, 0) is 34.1 Å². The number of rotatable bonds is 1. The van der Waals surface area contributed by atoms with Crippen LogP contribution in [0.1, 0.15) is 44.5 Å². The van der Waals surface area contributed by atoms with E-state index in [1.165, 1.54) is 18.0 Å². The van der Waals surface area contributed by atoms with Crippen LogP contribution in [0.2, 0.25) is 0 Å². The summed E-state index contributed by atoms with van der Waals surface area (Å²) in [6, 6.07) is -0.674. The highest BCUT2D eigenvalue weighted by Gasteiger charge is 2.39. The Labute approximate surface area is 128 Å². The SMILES string of the molecule is Cc1ncc([C@@H]2C[C@@H](O)CN2C(=O)OC(C)(C)C)c(O)c1F. The van der Waals surface area contributed by atoms with E-state index in [1.54, 1.807) is 20.8 Å². The Kier molecular flexibility index (Phi) is 4.28. The summed E-state index contributed by atoms with van der Waals surface area (Å²) in [5.41, 5.74) is -0.442. The third kappa shape index (κ3) is 3.30. The molecule has 1 aliphatic heterocycles. The summed E-state index contributed by atoms with van der Waals surface area (Å²) in [7, 11) is 0. The second kappa shape index (κ2) is 5.72. The number of hydrogen-bond acceptors (Lipinski definition) is 5. The largest absolute Gasteiger partial charge is 0.504 e. The zero-order chi connectivity index (χ0) is 16.7. The van der Waals surface area contributed by atoms with Gasteiger partial charge in [-0.2, -0.15) is 0 Å². The lowest BCUT2D eigenvalue weighted by Gasteiger charge is -2.28. The summed E-state index contributed by atoms with van der Waals surface area (Å²) in [5, 5.41) is 19.8. The molecular weight excluding hydrogens is 291 g/mol. The molecule has 1 fully saturated rings. The Morgan fingerprint density at radius 1 is 1.50 bits per heavy atom. The number of aromatic hydroxyl groups is 1. The highest BCUT2D eigenvalue weighted by Crippen LogP contribution is 2.38. The molecule has 0 unspecified atom stereocenters. The van der Waals surface area contributed by atoms with E-state index in [0.29, 0.717) is 0 Å². The van der Waals surface area contributed by atoms with E-state index in [-0.39, 0.29) is 24.2 Å². The molecule has 1 aliphatic rings. The van der Waals surface area contributed by atoms with Crippen molar-refractivity contribution in [1.82, 2.24) is 9.88 Å². The van der Waals surface area contributed by atoms with E-state index in [0.717, 1.165) is 0 Å². The first-order valence-electron chi connectivity index (χ1n) is 7.12. The Morgan fingerprint density at radius 3 is 2.73 bits per heavy atom. The van der Waals surface area contributed by atoms with Gasteiger partial charge in [0.05, 0.1) is 24.4 Å². The quantitative estimate of drug-likeness (QED) is 0.831. The van der Waals surface area contributed by atoms with Crippen LogP contribution < -0.4 is 0 Å². The van der Waals surface area contributed by atoms with Gasteiger partial charge in [-0.1, -0.05) is 0 Å². The molecule has 122 valence electrons. The van der Waals surface area contributed by atoms with Crippen LogP contribution in [-0.2, 0) is 4.74 Å². The first-order chi connectivity index (χ1) is 10.1. The van der Waals surface area contributed by atoms with Crippen molar-refractivity contribution in [1.29, 1.82) is 0 Å². The molecule has 2 N–H and O–H groups in total. The summed E-state index contributed by atoms with van der Waals surface area (Å²) in [6.07, 6.45) is 0.140. The number of likely N-dealkylation sites (tertiary alicyclic amines) is 1. The number of aromatic nitrogens is 1. The van der Waals surface area contributed by atoms with Crippen molar-refractivity contribution in [2.24, 2.45) is 0 Å². The molecule has 22 heavy (non-hydrogen) atoms. The smallest absolute Gasteiger partial charge is 0.410 e. The van der Waals surface area contributed by atoms with E-state index < -0.39 is 35.4 Å². The molecule has 2 rings (SSSR count). The first-order valence-corrected chi connectivity index (χ1v) is 7.12. The van der Waals surface area contributed by atoms with Gasteiger partial charge in [0.15, 0.2) is 11.6 Å². The second-order valence-corrected chi connectivity index (χ2v) is 6.50. The lowest BCUT2D eigenvalue weighted by molar-refractivity contribution is 0.0205.